The van der Waals surface area contributed by atoms with Crippen molar-refractivity contribution in [2.24, 2.45) is 0 Å². The Morgan fingerprint density at radius 2 is 1.54 bits per heavy atom. The molecular formula is C33H25NO4S. The van der Waals surface area contributed by atoms with E-state index in [-0.39, 0.29) is 17.7 Å². The van der Waals surface area contributed by atoms with E-state index in [9.17, 15) is 9.59 Å². The standard InChI is InChI=1S/C33H25NO4S/c1-37-29-16-14-22(18-30(29)38-21-27-11-6-10-25-8-4-5-12-28(25)27)19-31-32(35)34(33(36)39-31)20-23-13-15-24-7-2-3-9-26(24)17-23/h2-19H,20-21H2,1H3/b31-19-. The lowest BCUT2D eigenvalue weighted by atomic mass is 10.1. The van der Waals surface area contributed by atoms with Gasteiger partial charge in [-0.3, -0.25) is 14.5 Å². The van der Waals surface area contributed by atoms with E-state index in [2.05, 4.69) is 18.2 Å². The molecule has 1 fully saturated rings. The Kier molecular flexibility index (Phi) is 6.78. The second-order valence-corrected chi connectivity index (χ2v) is 10.3. The predicted octanol–water partition coefficient (Wildman–Crippen LogP) is 7.82. The number of fused-ring (bicyclic) bond motifs is 2. The summed E-state index contributed by atoms with van der Waals surface area (Å²) < 4.78 is 11.7. The van der Waals surface area contributed by atoms with E-state index >= 15 is 0 Å². The van der Waals surface area contributed by atoms with Gasteiger partial charge in [-0.05, 0) is 74.3 Å². The molecule has 1 aliphatic heterocycles. The summed E-state index contributed by atoms with van der Waals surface area (Å²) in [5.41, 5.74) is 2.72. The van der Waals surface area contributed by atoms with Crippen molar-refractivity contribution >= 4 is 50.5 Å². The van der Waals surface area contributed by atoms with E-state index in [0.717, 1.165) is 50.0 Å². The molecule has 192 valence electrons. The smallest absolute Gasteiger partial charge is 0.293 e. The first-order valence-electron chi connectivity index (χ1n) is 12.6. The summed E-state index contributed by atoms with van der Waals surface area (Å²) >= 11 is 0.953. The number of benzene rings is 5. The lowest BCUT2D eigenvalue weighted by Gasteiger charge is -2.13. The maximum atomic E-state index is 13.2. The van der Waals surface area contributed by atoms with Crippen molar-refractivity contribution in [2.75, 3.05) is 7.11 Å². The van der Waals surface area contributed by atoms with Gasteiger partial charge in [-0.2, -0.15) is 0 Å². The Hall–Kier alpha value is -4.55. The predicted molar refractivity (Wildman–Crippen MR) is 157 cm³/mol. The molecule has 0 saturated carbocycles. The fourth-order valence-corrected chi connectivity index (χ4v) is 5.62. The molecule has 6 rings (SSSR count). The molecule has 5 aromatic rings. The van der Waals surface area contributed by atoms with Crippen LogP contribution in [-0.2, 0) is 17.9 Å². The molecule has 2 amide bonds. The van der Waals surface area contributed by atoms with E-state index in [1.54, 1.807) is 13.2 Å². The number of hydrogen-bond donors (Lipinski definition) is 0. The van der Waals surface area contributed by atoms with Crippen LogP contribution < -0.4 is 9.47 Å². The van der Waals surface area contributed by atoms with Crippen LogP contribution in [0.2, 0.25) is 0 Å². The first kappa shape index (κ1) is 24.8. The van der Waals surface area contributed by atoms with Gasteiger partial charge >= 0.3 is 0 Å². The van der Waals surface area contributed by atoms with Gasteiger partial charge in [0.05, 0.1) is 18.6 Å². The molecule has 1 aliphatic rings. The summed E-state index contributed by atoms with van der Waals surface area (Å²) in [5, 5.41) is 4.20. The highest BCUT2D eigenvalue weighted by atomic mass is 32.2. The average Bonchev–Trinajstić information content (AvgIpc) is 3.23. The number of amides is 2. The van der Waals surface area contributed by atoms with Crippen molar-refractivity contribution < 1.29 is 19.1 Å². The zero-order valence-electron chi connectivity index (χ0n) is 21.3. The highest BCUT2D eigenvalue weighted by molar-refractivity contribution is 8.18. The lowest BCUT2D eigenvalue weighted by Crippen LogP contribution is -2.27. The number of ether oxygens (including phenoxy) is 2. The van der Waals surface area contributed by atoms with Crippen molar-refractivity contribution in [2.45, 2.75) is 13.2 Å². The monoisotopic (exact) mass is 531 g/mol. The van der Waals surface area contributed by atoms with Gasteiger partial charge in [0.25, 0.3) is 11.1 Å². The Morgan fingerprint density at radius 1 is 0.769 bits per heavy atom. The highest BCUT2D eigenvalue weighted by Gasteiger charge is 2.35. The van der Waals surface area contributed by atoms with Gasteiger partial charge in [0.2, 0.25) is 0 Å². The van der Waals surface area contributed by atoms with E-state index in [1.807, 2.05) is 84.9 Å². The van der Waals surface area contributed by atoms with Gasteiger partial charge in [0.15, 0.2) is 11.5 Å². The van der Waals surface area contributed by atoms with E-state index in [0.29, 0.717) is 23.0 Å². The summed E-state index contributed by atoms with van der Waals surface area (Å²) in [4.78, 5) is 27.6. The van der Waals surface area contributed by atoms with Crippen molar-refractivity contribution in [3.63, 3.8) is 0 Å². The van der Waals surface area contributed by atoms with E-state index in [4.69, 9.17) is 9.47 Å². The van der Waals surface area contributed by atoms with Crippen molar-refractivity contribution in [1.82, 2.24) is 4.90 Å². The summed E-state index contributed by atoms with van der Waals surface area (Å²) in [6.07, 6.45) is 1.73. The quantitative estimate of drug-likeness (QED) is 0.200. The Labute approximate surface area is 230 Å². The first-order chi connectivity index (χ1) is 19.1. The normalized spacial score (nSPS) is 14.5. The number of hydrogen-bond acceptors (Lipinski definition) is 5. The van der Waals surface area contributed by atoms with Crippen molar-refractivity contribution in [3.8, 4) is 11.5 Å². The third-order valence-electron chi connectivity index (χ3n) is 6.78. The SMILES string of the molecule is COc1ccc(/C=C2\SC(=O)N(Cc3ccc4ccccc4c3)C2=O)cc1OCc1cccc2ccccc12. The summed E-state index contributed by atoms with van der Waals surface area (Å²) in [7, 11) is 1.60. The van der Waals surface area contributed by atoms with Crippen molar-refractivity contribution in [3.05, 3.63) is 125 Å². The van der Waals surface area contributed by atoms with Gasteiger partial charge in [0.1, 0.15) is 6.61 Å². The van der Waals surface area contributed by atoms with Crippen LogP contribution in [-0.4, -0.2) is 23.2 Å². The van der Waals surface area contributed by atoms with Gasteiger partial charge in [-0.15, -0.1) is 0 Å². The number of thioether (sulfide) groups is 1. The molecule has 5 aromatic carbocycles. The zero-order valence-corrected chi connectivity index (χ0v) is 22.1. The topological polar surface area (TPSA) is 55.8 Å². The Morgan fingerprint density at radius 3 is 2.38 bits per heavy atom. The molecule has 5 nitrogen and oxygen atoms in total. The molecule has 0 unspecified atom stereocenters. The molecule has 0 aromatic heterocycles. The van der Waals surface area contributed by atoms with Gasteiger partial charge in [-0.1, -0.05) is 84.9 Å². The molecule has 0 aliphatic carbocycles. The van der Waals surface area contributed by atoms with Crippen LogP contribution in [0.4, 0.5) is 4.79 Å². The first-order valence-corrected chi connectivity index (χ1v) is 13.4. The van der Waals surface area contributed by atoms with Gasteiger partial charge in [-0.25, -0.2) is 0 Å². The minimum atomic E-state index is -0.299. The molecule has 0 atom stereocenters. The van der Waals surface area contributed by atoms with Crippen molar-refractivity contribution in [1.29, 1.82) is 0 Å². The van der Waals surface area contributed by atoms with Crippen LogP contribution >= 0.6 is 11.8 Å². The molecule has 0 radical (unpaired) electrons. The van der Waals surface area contributed by atoms with Crippen LogP contribution in [0, 0.1) is 0 Å². The molecule has 0 N–H and O–H groups in total. The lowest BCUT2D eigenvalue weighted by molar-refractivity contribution is -0.123. The number of imide groups is 1. The highest BCUT2D eigenvalue weighted by Crippen LogP contribution is 2.36. The number of carbonyl (C=O) groups is 2. The van der Waals surface area contributed by atoms with Crippen LogP contribution in [0.5, 0.6) is 11.5 Å². The molecule has 6 heteroatoms. The fourth-order valence-electron chi connectivity index (χ4n) is 4.78. The van der Waals surface area contributed by atoms with Gasteiger partial charge < -0.3 is 9.47 Å². The maximum absolute atomic E-state index is 13.2. The largest absolute Gasteiger partial charge is 0.493 e. The molecule has 1 saturated heterocycles. The summed E-state index contributed by atoms with van der Waals surface area (Å²) in [5.74, 6) is 0.860. The second-order valence-electron chi connectivity index (χ2n) is 9.29. The maximum Gasteiger partial charge on any atom is 0.293 e. The Bertz CT molecular complexity index is 1750. The van der Waals surface area contributed by atoms with Gasteiger partial charge in [0, 0.05) is 0 Å². The average molecular weight is 532 g/mol. The van der Waals surface area contributed by atoms with E-state index in [1.165, 1.54) is 4.90 Å². The number of methoxy groups -OCH3 is 1. The number of carbonyl (C=O) groups excluding carboxylic acids is 2. The third-order valence-corrected chi connectivity index (χ3v) is 7.68. The van der Waals surface area contributed by atoms with Crippen LogP contribution in [0.25, 0.3) is 27.6 Å². The molecular weight excluding hydrogens is 506 g/mol. The third kappa shape index (κ3) is 5.11. The minimum Gasteiger partial charge on any atom is -0.493 e. The molecule has 0 spiro atoms. The summed E-state index contributed by atoms with van der Waals surface area (Å²) in [6, 6.07) is 33.8. The molecule has 39 heavy (non-hydrogen) atoms. The fraction of sp³-hybridized carbons (Fsp3) is 0.0909. The Balaban J connectivity index is 1.21. The minimum absolute atomic E-state index is 0.231. The van der Waals surface area contributed by atoms with Crippen LogP contribution in [0.1, 0.15) is 16.7 Å². The summed E-state index contributed by atoms with van der Waals surface area (Å²) in [6.45, 7) is 0.596. The van der Waals surface area contributed by atoms with E-state index < -0.39 is 0 Å². The number of rotatable bonds is 7. The second kappa shape index (κ2) is 10.7. The number of nitrogens with zero attached hydrogens (tertiary/aromatic N) is 1. The molecule has 1 heterocycles. The molecule has 0 bridgehead atoms. The van der Waals surface area contributed by atoms with Crippen LogP contribution in [0.15, 0.2) is 108 Å². The van der Waals surface area contributed by atoms with Crippen LogP contribution in [0.3, 0.4) is 0 Å². The zero-order chi connectivity index (χ0) is 26.8.